The van der Waals surface area contributed by atoms with E-state index in [4.69, 9.17) is 15.5 Å². The van der Waals surface area contributed by atoms with Gasteiger partial charge in [0.15, 0.2) is 5.82 Å². The number of hydrogen-bond donors (Lipinski definition) is 1. The van der Waals surface area contributed by atoms with E-state index in [0.29, 0.717) is 17.2 Å². The monoisotopic (exact) mass is 470 g/mol. The van der Waals surface area contributed by atoms with Gasteiger partial charge in [-0.3, -0.25) is 4.79 Å². The molecule has 2 N–H and O–H groups in total. The van der Waals surface area contributed by atoms with Crippen molar-refractivity contribution in [1.82, 2.24) is 24.0 Å². The molecule has 8 heteroatoms. The van der Waals surface area contributed by atoms with Gasteiger partial charge in [-0.25, -0.2) is 9.97 Å². The van der Waals surface area contributed by atoms with Gasteiger partial charge in [-0.2, -0.15) is 0 Å². The number of aromatic nitrogens is 4. The topological polar surface area (TPSA) is 91.2 Å². The number of benzene rings is 1. The fraction of sp³-hybridized carbons (Fsp3) is 0.444. The molecule has 7 rings (SSSR count). The van der Waals surface area contributed by atoms with Crippen LogP contribution in [0.1, 0.15) is 36.0 Å². The lowest BCUT2D eigenvalue weighted by Crippen LogP contribution is -2.70. The highest BCUT2D eigenvalue weighted by molar-refractivity contribution is 6.00. The van der Waals surface area contributed by atoms with Gasteiger partial charge in [-0.15, -0.1) is 0 Å². The first-order valence-electron chi connectivity index (χ1n) is 12.5. The molecule has 3 aromatic heterocycles. The van der Waals surface area contributed by atoms with Gasteiger partial charge in [0, 0.05) is 55.3 Å². The Morgan fingerprint density at radius 1 is 1.23 bits per heavy atom. The van der Waals surface area contributed by atoms with Crippen molar-refractivity contribution in [3.63, 3.8) is 0 Å². The van der Waals surface area contributed by atoms with Crippen molar-refractivity contribution in [3.8, 4) is 17.3 Å². The summed E-state index contributed by atoms with van der Waals surface area (Å²) >= 11 is 0. The number of carbonyl (C=O) groups excluding carboxylic acids is 1. The summed E-state index contributed by atoms with van der Waals surface area (Å²) < 4.78 is 10.1. The molecule has 8 nitrogen and oxygen atoms in total. The molecule has 3 fully saturated rings. The van der Waals surface area contributed by atoms with E-state index in [9.17, 15) is 4.79 Å². The van der Waals surface area contributed by atoms with Gasteiger partial charge < -0.3 is 24.5 Å². The second-order valence-electron chi connectivity index (χ2n) is 10.7. The van der Waals surface area contributed by atoms with E-state index in [-0.39, 0.29) is 17.4 Å². The Kier molecular flexibility index (Phi) is 4.37. The number of amides is 1. The zero-order valence-corrected chi connectivity index (χ0v) is 20.2. The van der Waals surface area contributed by atoms with Gasteiger partial charge in [0.2, 0.25) is 0 Å². The van der Waals surface area contributed by atoms with Gasteiger partial charge in [-0.1, -0.05) is 0 Å². The summed E-state index contributed by atoms with van der Waals surface area (Å²) in [5, 5.41) is 1.11. The summed E-state index contributed by atoms with van der Waals surface area (Å²) in [5.74, 6) is 2.23. The zero-order chi connectivity index (χ0) is 23.9. The van der Waals surface area contributed by atoms with Crippen LogP contribution in [0.4, 0.5) is 0 Å². The van der Waals surface area contributed by atoms with E-state index in [2.05, 4.69) is 26.3 Å². The number of nitrogens with two attached hydrogens (primary N) is 1. The molecule has 180 valence electrons. The Balaban J connectivity index is 1.30. The molecule has 0 bridgehead atoms. The van der Waals surface area contributed by atoms with Crippen molar-refractivity contribution in [1.29, 1.82) is 0 Å². The van der Waals surface area contributed by atoms with Crippen LogP contribution in [0.15, 0.2) is 36.5 Å². The molecule has 35 heavy (non-hydrogen) atoms. The normalized spacial score (nSPS) is 20.9. The molecule has 1 aromatic carbocycles. The van der Waals surface area contributed by atoms with Crippen LogP contribution in [-0.2, 0) is 13.6 Å². The van der Waals surface area contributed by atoms with E-state index in [0.717, 1.165) is 66.1 Å². The summed E-state index contributed by atoms with van der Waals surface area (Å²) in [4.78, 5) is 24.9. The van der Waals surface area contributed by atoms with Gasteiger partial charge in [0.1, 0.15) is 16.9 Å². The summed E-state index contributed by atoms with van der Waals surface area (Å²) in [6.45, 7) is 2.43. The quantitative estimate of drug-likeness (QED) is 0.482. The molecular formula is C27H30N6O2. The third-order valence-corrected chi connectivity index (χ3v) is 8.46. The van der Waals surface area contributed by atoms with Crippen molar-refractivity contribution >= 4 is 28.0 Å². The van der Waals surface area contributed by atoms with Crippen LogP contribution in [0.5, 0.6) is 5.75 Å². The lowest BCUT2D eigenvalue weighted by molar-refractivity contribution is -0.0596. The average Bonchev–Trinajstić information content (AvgIpc) is 3.50. The standard InChI is InChI=1S/C27H30N6O2/c1-31-23-19(10-18(12-21(23)35-2)26(34)32-14-27(15-32)8-7-22(27)28)30-25(31)20-11-17-4-3-9-29-24(17)33(20)13-16-5-6-16/h3-4,9-12,16,22H,5-8,13-15,28H2,1-2H3. The summed E-state index contributed by atoms with van der Waals surface area (Å²) in [6, 6.07) is 10.2. The fourth-order valence-corrected chi connectivity index (χ4v) is 5.99. The van der Waals surface area contributed by atoms with Crippen molar-refractivity contribution in [3.05, 3.63) is 42.1 Å². The van der Waals surface area contributed by atoms with Crippen molar-refractivity contribution in [2.24, 2.45) is 24.1 Å². The molecule has 1 spiro atoms. The first-order chi connectivity index (χ1) is 17.0. The maximum atomic E-state index is 13.3. The van der Waals surface area contributed by atoms with E-state index in [1.165, 1.54) is 12.8 Å². The van der Waals surface area contributed by atoms with E-state index >= 15 is 0 Å². The highest BCUT2D eigenvalue weighted by Gasteiger charge is 2.54. The van der Waals surface area contributed by atoms with Crippen LogP contribution in [0.2, 0.25) is 0 Å². The maximum Gasteiger partial charge on any atom is 0.254 e. The Labute approximate surface area is 203 Å². The van der Waals surface area contributed by atoms with Crippen LogP contribution in [0.3, 0.4) is 0 Å². The number of pyridine rings is 1. The zero-order valence-electron chi connectivity index (χ0n) is 20.2. The largest absolute Gasteiger partial charge is 0.494 e. The number of fused-ring (bicyclic) bond motifs is 2. The van der Waals surface area contributed by atoms with Crippen LogP contribution in [-0.4, -0.2) is 56.2 Å². The Hall–Kier alpha value is -3.39. The molecule has 3 aliphatic rings. The van der Waals surface area contributed by atoms with Crippen molar-refractivity contribution in [2.45, 2.75) is 38.3 Å². The predicted octanol–water partition coefficient (Wildman–Crippen LogP) is 3.57. The Morgan fingerprint density at radius 2 is 2.06 bits per heavy atom. The molecule has 1 amide bonds. The molecule has 1 unspecified atom stereocenters. The number of imidazole rings is 1. The van der Waals surface area contributed by atoms with Crippen LogP contribution >= 0.6 is 0 Å². The minimum Gasteiger partial charge on any atom is -0.494 e. The number of hydrogen-bond acceptors (Lipinski definition) is 5. The molecule has 2 saturated carbocycles. The second-order valence-corrected chi connectivity index (χ2v) is 10.7. The number of methoxy groups -OCH3 is 1. The summed E-state index contributed by atoms with van der Waals surface area (Å²) in [7, 11) is 3.66. The molecule has 2 aliphatic carbocycles. The lowest BCUT2D eigenvalue weighted by Gasteiger charge is -2.59. The number of nitrogens with zero attached hydrogens (tertiary/aromatic N) is 5. The molecule has 0 radical (unpaired) electrons. The third kappa shape index (κ3) is 3.05. The molecular weight excluding hydrogens is 440 g/mol. The van der Waals surface area contributed by atoms with Crippen LogP contribution < -0.4 is 10.5 Å². The first kappa shape index (κ1) is 20.9. The smallest absolute Gasteiger partial charge is 0.254 e. The Morgan fingerprint density at radius 3 is 2.74 bits per heavy atom. The number of rotatable bonds is 5. The van der Waals surface area contributed by atoms with Gasteiger partial charge in [0.05, 0.1) is 18.3 Å². The van der Waals surface area contributed by atoms with Crippen molar-refractivity contribution < 1.29 is 9.53 Å². The summed E-state index contributed by atoms with van der Waals surface area (Å²) in [6.07, 6.45) is 6.55. The lowest BCUT2D eigenvalue weighted by atomic mass is 9.60. The van der Waals surface area contributed by atoms with E-state index in [1.54, 1.807) is 7.11 Å². The molecule has 1 aliphatic heterocycles. The minimum atomic E-state index is 0.0224. The Bertz CT molecular complexity index is 1490. The highest BCUT2D eigenvalue weighted by Crippen LogP contribution is 2.48. The number of aryl methyl sites for hydroxylation is 1. The molecule has 1 atom stereocenters. The predicted molar refractivity (Wildman–Crippen MR) is 134 cm³/mol. The van der Waals surface area contributed by atoms with Gasteiger partial charge in [0.25, 0.3) is 5.91 Å². The average molecular weight is 471 g/mol. The fourth-order valence-electron chi connectivity index (χ4n) is 5.99. The van der Waals surface area contributed by atoms with Crippen molar-refractivity contribution in [2.75, 3.05) is 20.2 Å². The third-order valence-electron chi connectivity index (χ3n) is 8.46. The highest BCUT2D eigenvalue weighted by atomic mass is 16.5. The van der Waals surface area contributed by atoms with Crippen LogP contribution in [0, 0.1) is 11.3 Å². The van der Waals surface area contributed by atoms with E-state index in [1.807, 2.05) is 36.3 Å². The number of ether oxygens (including phenoxy) is 1. The molecule has 1 saturated heterocycles. The SMILES string of the molecule is COc1cc(C(=O)N2CC3(CCC3N)C2)cc2nc(-c3cc4cccnc4n3CC3CC3)n(C)c12. The number of carbonyl (C=O) groups is 1. The minimum absolute atomic E-state index is 0.0224. The second kappa shape index (κ2) is 7.31. The van der Waals surface area contributed by atoms with E-state index < -0.39 is 0 Å². The summed E-state index contributed by atoms with van der Waals surface area (Å²) in [5.41, 5.74) is 10.7. The first-order valence-corrected chi connectivity index (χ1v) is 12.5. The van der Waals surface area contributed by atoms with Gasteiger partial charge in [-0.05, 0) is 61.9 Å². The number of likely N-dealkylation sites (tertiary alicyclic amines) is 1. The molecule has 4 heterocycles. The van der Waals surface area contributed by atoms with Gasteiger partial charge >= 0.3 is 0 Å². The van der Waals surface area contributed by atoms with Crippen LogP contribution in [0.25, 0.3) is 33.6 Å². The maximum absolute atomic E-state index is 13.3. The molecule has 4 aromatic rings.